The maximum atomic E-state index is 11.1. The van der Waals surface area contributed by atoms with Crippen LogP contribution in [0.3, 0.4) is 0 Å². The highest BCUT2D eigenvalue weighted by Gasteiger charge is 2.12. The Bertz CT molecular complexity index is 1230. The highest BCUT2D eigenvalue weighted by Crippen LogP contribution is 2.33. The first kappa shape index (κ1) is 17.7. The summed E-state index contributed by atoms with van der Waals surface area (Å²) in [4.78, 5) is 5.64. The van der Waals surface area contributed by atoms with Gasteiger partial charge in [0.1, 0.15) is 0 Å². The average Bonchev–Trinajstić information content (AvgIpc) is 3.01. The first-order chi connectivity index (χ1) is 12.9. The minimum atomic E-state index is -4.19. The lowest BCUT2D eigenvalue weighted by atomic mass is 10.0. The van der Waals surface area contributed by atoms with Gasteiger partial charge < -0.3 is 5.32 Å². The number of aromatic nitrogens is 1. The van der Waals surface area contributed by atoms with Crippen LogP contribution >= 0.6 is 11.3 Å². The van der Waals surface area contributed by atoms with Crippen LogP contribution in [0.5, 0.6) is 0 Å². The lowest BCUT2D eigenvalue weighted by molar-refractivity contribution is 0.483. The van der Waals surface area contributed by atoms with E-state index in [0.29, 0.717) is 5.69 Å². The number of rotatable bonds is 4. The van der Waals surface area contributed by atoms with Crippen molar-refractivity contribution in [2.75, 3.05) is 5.32 Å². The van der Waals surface area contributed by atoms with Gasteiger partial charge in [-0.1, -0.05) is 36.4 Å². The molecule has 0 spiro atoms. The number of fused-ring (bicyclic) bond motifs is 1. The second-order valence-corrected chi connectivity index (χ2v) is 8.73. The topological polar surface area (TPSA) is 79.3 Å². The Morgan fingerprint density at radius 3 is 2.37 bits per heavy atom. The number of thiazole rings is 1. The molecular formula is C20H16N2O3S2. The summed E-state index contributed by atoms with van der Waals surface area (Å²) in [5, 5.41) is 6.25. The van der Waals surface area contributed by atoms with Crippen molar-refractivity contribution in [3.8, 4) is 11.3 Å². The van der Waals surface area contributed by atoms with Crippen molar-refractivity contribution < 1.29 is 13.0 Å². The predicted molar refractivity (Wildman–Crippen MR) is 109 cm³/mol. The van der Waals surface area contributed by atoms with Gasteiger partial charge in [0.15, 0.2) is 5.13 Å². The summed E-state index contributed by atoms with van der Waals surface area (Å²) < 4.78 is 31.3. The highest BCUT2D eigenvalue weighted by atomic mass is 32.2. The molecular weight excluding hydrogens is 380 g/mol. The monoisotopic (exact) mass is 396 g/mol. The number of nitrogens with one attached hydrogen (secondary N) is 1. The molecule has 5 nitrogen and oxygen atoms in total. The lowest BCUT2D eigenvalue weighted by Gasteiger charge is -2.04. The summed E-state index contributed by atoms with van der Waals surface area (Å²) in [5.41, 5.74) is 2.67. The maximum absolute atomic E-state index is 11.1. The van der Waals surface area contributed by atoms with Gasteiger partial charge in [-0.05, 0) is 48.0 Å². The number of nitrogens with zero attached hydrogens (tertiary/aromatic N) is 1. The van der Waals surface area contributed by atoms with E-state index in [1.807, 2.05) is 19.1 Å². The molecule has 0 fully saturated rings. The highest BCUT2D eigenvalue weighted by molar-refractivity contribution is 7.85. The molecule has 0 aliphatic heterocycles. The van der Waals surface area contributed by atoms with Crippen LogP contribution in [0.1, 0.15) is 4.88 Å². The van der Waals surface area contributed by atoms with E-state index in [2.05, 4.69) is 35.6 Å². The summed E-state index contributed by atoms with van der Waals surface area (Å²) in [6, 6.07) is 20.4. The SMILES string of the molecule is Cc1sc(Nc2ccc(S(=O)(=O)O)cc2)nc1-c1ccc2ccccc2c1. The molecule has 1 aromatic heterocycles. The van der Waals surface area contributed by atoms with Crippen LogP contribution in [0, 0.1) is 6.92 Å². The smallest absolute Gasteiger partial charge is 0.294 e. The third-order valence-electron chi connectivity index (χ3n) is 4.22. The maximum Gasteiger partial charge on any atom is 0.294 e. The Hall–Kier alpha value is -2.74. The molecule has 7 heteroatoms. The summed E-state index contributed by atoms with van der Waals surface area (Å²) in [7, 11) is -4.19. The molecule has 0 aliphatic carbocycles. The van der Waals surface area contributed by atoms with Gasteiger partial charge in [0.25, 0.3) is 10.1 Å². The van der Waals surface area contributed by atoms with Gasteiger partial charge in [0, 0.05) is 16.1 Å². The zero-order valence-electron chi connectivity index (χ0n) is 14.4. The summed E-state index contributed by atoms with van der Waals surface area (Å²) in [5.74, 6) is 0. The van der Waals surface area contributed by atoms with Crippen molar-refractivity contribution in [3.05, 3.63) is 71.6 Å². The second kappa shape index (κ2) is 6.77. The lowest BCUT2D eigenvalue weighted by Crippen LogP contribution is -1.98. The van der Waals surface area contributed by atoms with Crippen LogP contribution in [0.25, 0.3) is 22.0 Å². The molecule has 0 saturated carbocycles. The number of aryl methyl sites for hydroxylation is 1. The quantitative estimate of drug-likeness (QED) is 0.460. The van der Waals surface area contributed by atoms with Gasteiger partial charge >= 0.3 is 0 Å². The molecule has 0 unspecified atom stereocenters. The minimum absolute atomic E-state index is 0.139. The van der Waals surface area contributed by atoms with Gasteiger partial charge in [0.05, 0.1) is 10.6 Å². The van der Waals surface area contributed by atoms with Crippen LogP contribution in [0.2, 0.25) is 0 Å². The number of anilines is 2. The fourth-order valence-electron chi connectivity index (χ4n) is 2.89. The molecule has 0 saturated heterocycles. The van der Waals surface area contributed by atoms with Gasteiger partial charge in [-0.15, -0.1) is 11.3 Å². The molecule has 136 valence electrons. The fraction of sp³-hybridized carbons (Fsp3) is 0.0500. The van der Waals surface area contributed by atoms with Crippen LogP contribution in [-0.2, 0) is 10.1 Å². The molecule has 0 aliphatic rings. The van der Waals surface area contributed by atoms with Gasteiger partial charge in [-0.3, -0.25) is 4.55 Å². The van der Waals surface area contributed by atoms with E-state index in [-0.39, 0.29) is 4.90 Å². The summed E-state index contributed by atoms with van der Waals surface area (Å²) in [6.45, 7) is 2.02. The summed E-state index contributed by atoms with van der Waals surface area (Å²) in [6.07, 6.45) is 0. The third-order valence-corrected chi connectivity index (χ3v) is 5.98. The largest absolute Gasteiger partial charge is 0.332 e. The number of benzene rings is 3. The van der Waals surface area contributed by atoms with E-state index in [0.717, 1.165) is 26.7 Å². The Balaban J connectivity index is 1.62. The molecule has 3 aromatic carbocycles. The number of hydrogen-bond acceptors (Lipinski definition) is 5. The zero-order valence-corrected chi connectivity index (χ0v) is 16.0. The average molecular weight is 396 g/mol. The molecule has 0 radical (unpaired) electrons. The molecule has 0 amide bonds. The van der Waals surface area contributed by atoms with Gasteiger partial charge in [0.2, 0.25) is 0 Å². The van der Waals surface area contributed by atoms with Crippen molar-refractivity contribution in [2.45, 2.75) is 11.8 Å². The summed E-state index contributed by atoms with van der Waals surface area (Å²) >= 11 is 1.53. The van der Waals surface area contributed by atoms with Crippen molar-refractivity contribution in [1.82, 2.24) is 4.98 Å². The van der Waals surface area contributed by atoms with Crippen LogP contribution in [-0.4, -0.2) is 18.0 Å². The van der Waals surface area contributed by atoms with Crippen molar-refractivity contribution in [3.63, 3.8) is 0 Å². The van der Waals surface area contributed by atoms with E-state index >= 15 is 0 Å². The van der Waals surface area contributed by atoms with E-state index in [1.54, 1.807) is 12.1 Å². The van der Waals surface area contributed by atoms with E-state index in [9.17, 15) is 8.42 Å². The molecule has 2 N–H and O–H groups in total. The standard InChI is InChI=1S/C20H16N2O3S2/c1-13-19(16-7-6-14-4-2-3-5-15(14)12-16)22-20(26-13)21-17-8-10-18(11-9-17)27(23,24)25/h2-12H,1H3,(H,21,22)(H,23,24,25). The first-order valence-electron chi connectivity index (χ1n) is 8.21. The van der Waals surface area contributed by atoms with Gasteiger partial charge in [-0.25, -0.2) is 4.98 Å². The molecule has 0 atom stereocenters. The second-order valence-electron chi connectivity index (χ2n) is 6.11. The van der Waals surface area contributed by atoms with Crippen molar-refractivity contribution in [1.29, 1.82) is 0 Å². The Morgan fingerprint density at radius 2 is 1.67 bits per heavy atom. The Labute approximate surface area is 161 Å². The number of hydrogen-bond donors (Lipinski definition) is 2. The van der Waals surface area contributed by atoms with E-state index < -0.39 is 10.1 Å². The zero-order chi connectivity index (χ0) is 19.0. The molecule has 4 rings (SSSR count). The van der Waals surface area contributed by atoms with E-state index in [4.69, 9.17) is 9.54 Å². The molecule has 1 heterocycles. The minimum Gasteiger partial charge on any atom is -0.332 e. The van der Waals surface area contributed by atoms with Crippen LogP contribution < -0.4 is 5.32 Å². The van der Waals surface area contributed by atoms with Crippen LogP contribution in [0.4, 0.5) is 10.8 Å². The van der Waals surface area contributed by atoms with Crippen molar-refractivity contribution in [2.24, 2.45) is 0 Å². The first-order valence-corrected chi connectivity index (χ1v) is 10.5. The molecule has 27 heavy (non-hydrogen) atoms. The fourth-order valence-corrected chi connectivity index (χ4v) is 4.22. The van der Waals surface area contributed by atoms with Crippen molar-refractivity contribution >= 4 is 43.0 Å². The van der Waals surface area contributed by atoms with Crippen LogP contribution in [0.15, 0.2) is 71.6 Å². The third kappa shape index (κ3) is 3.71. The normalized spacial score (nSPS) is 11.6. The Kier molecular flexibility index (Phi) is 4.43. The van der Waals surface area contributed by atoms with E-state index in [1.165, 1.54) is 28.9 Å². The molecule has 4 aromatic rings. The molecule has 0 bridgehead atoms. The predicted octanol–water partition coefficient (Wildman–Crippen LogP) is 5.26. The Morgan fingerprint density at radius 1 is 0.963 bits per heavy atom. The van der Waals surface area contributed by atoms with Gasteiger partial charge in [-0.2, -0.15) is 8.42 Å².